The largest absolute Gasteiger partial charge is 0.457 e. The molecule has 7 nitrogen and oxygen atoms in total. The molecule has 38 heavy (non-hydrogen) atoms. The summed E-state index contributed by atoms with van der Waals surface area (Å²) in [5.41, 5.74) is 2.25. The lowest BCUT2D eigenvalue weighted by molar-refractivity contribution is -0.131. The van der Waals surface area contributed by atoms with E-state index in [0.29, 0.717) is 48.3 Å². The molecule has 0 spiro atoms. The Morgan fingerprint density at radius 3 is 2.16 bits per heavy atom. The van der Waals surface area contributed by atoms with Gasteiger partial charge in [-0.05, 0) is 42.9 Å². The van der Waals surface area contributed by atoms with Gasteiger partial charge in [0.15, 0.2) is 0 Å². The third-order valence-corrected chi connectivity index (χ3v) is 7.79. The minimum absolute atomic E-state index is 0.0409. The molecule has 1 saturated heterocycles. The van der Waals surface area contributed by atoms with Gasteiger partial charge in [0.25, 0.3) is 5.91 Å². The number of halogens is 1. The molecule has 0 saturated carbocycles. The Kier molecular flexibility index (Phi) is 7.70. The number of benzene rings is 3. The third-order valence-electron chi connectivity index (χ3n) is 7.53. The fourth-order valence-corrected chi connectivity index (χ4v) is 5.54. The Labute approximate surface area is 228 Å². The zero-order chi connectivity index (χ0) is 26.8. The first-order valence-electron chi connectivity index (χ1n) is 12.9. The minimum atomic E-state index is -0.679. The van der Waals surface area contributed by atoms with Crippen molar-refractivity contribution in [3.8, 4) is 11.5 Å². The van der Waals surface area contributed by atoms with E-state index in [1.54, 1.807) is 41.1 Å². The minimum Gasteiger partial charge on any atom is -0.457 e. The number of hydrogen-bond acceptors (Lipinski definition) is 5. The van der Waals surface area contributed by atoms with Crippen molar-refractivity contribution in [2.45, 2.75) is 25.0 Å². The Morgan fingerprint density at radius 2 is 1.55 bits per heavy atom. The van der Waals surface area contributed by atoms with Gasteiger partial charge >= 0.3 is 0 Å². The van der Waals surface area contributed by atoms with Crippen LogP contribution in [0, 0.1) is 0 Å². The van der Waals surface area contributed by atoms with Crippen LogP contribution in [0.1, 0.15) is 34.3 Å². The number of para-hydroxylation sites is 2. The molecule has 0 unspecified atom stereocenters. The molecule has 3 aromatic rings. The Hall–Kier alpha value is -3.39. The number of β-amino-alcohol motifs (C(OH)–C–C–N with tert-alkyl or cyclic N) is 1. The van der Waals surface area contributed by atoms with Gasteiger partial charge in [0.2, 0.25) is 5.91 Å². The van der Waals surface area contributed by atoms with Gasteiger partial charge in [0.05, 0.1) is 18.1 Å². The van der Waals surface area contributed by atoms with Gasteiger partial charge in [-0.1, -0.05) is 54.9 Å². The van der Waals surface area contributed by atoms with E-state index in [4.69, 9.17) is 16.3 Å². The van der Waals surface area contributed by atoms with Crippen LogP contribution in [0.25, 0.3) is 0 Å². The van der Waals surface area contributed by atoms with Gasteiger partial charge in [-0.15, -0.1) is 0 Å². The van der Waals surface area contributed by atoms with Crippen molar-refractivity contribution in [1.29, 1.82) is 0 Å². The first-order chi connectivity index (χ1) is 18.4. The van der Waals surface area contributed by atoms with Crippen molar-refractivity contribution in [2.75, 3.05) is 39.8 Å². The van der Waals surface area contributed by atoms with E-state index in [2.05, 4.69) is 4.90 Å². The number of carbonyl (C=O) groups is 2. The molecule has 0 bridgehead atoms. The summed E-state index contributed by atoms with van der Waals surface area (Å²) in [5, 5.41) is 11.6. The summed E-state index contributed by atoms with van der Waals surface area (Å²) < 4.78 is 6.06. The highest BCUT2D eigenvalue weighted by molar-refractivity contribution is 6.30. The number of rotatable bonds is 7. The molecule has 5 rings (SSSR count). The fraction of sp³-hybridized carbons (Fsp3) is 0.333. The van der Waals surface area contributed by atoms with Crippen LogP contribution < -0.4 is 4.74 Å². The number of aliphatic hydroxyl groups excluding tert-OH is 1. The number of amides is 2. The number of fused-ring (bicyclic) bond motifs is 2. The highest BCUT2D eigenvalue weighted by Crippen LogP contribution is 2.45. The topological polar surface area (TPSA) is 73.3 Å². The molecule has 3 aromatic carbocycles. The van der Waals surface area contributed by atoms with Crippen LogP contribution in [0.5, 0.6) is 11.5 Å². The van der Waals surface area contributed by atoms with Crippen molar-refractivity contribution in [3.63, 3.8) is 0 Å². The summed E-state index contributed by atoms with van der Waals surface area (Å²) in [7, 11) is 1.77. The van der Waals surface area contributed by atoms with Gasteiger partial charge in [0.1, 0.15) is 11.5 Å². The molecular formula is C30H32ClN3O4. The van der Waals surface area contributed by atoms with Crippen LogP contribution in [0.2, 0.25) is 5.02 Å². The molecule has 0 aromatic heterocycles. The lowest BCUT2D eigenvalue weighted by Gasteiger charge is -2.32. The summed E-state index contributed by atoms with van der Waals surface area (Å²) in [4.78, 5) is 32.3. The Balaban J connectivity index is 1.28. The van der Waals surface area contributed by atoms with Crippen molar-refractivity contribution in [2.24, 2.45) is 0 Å². The average molecular weight is 534 g/mol. The zero-order valence-electron chi connectivity index (χ0n) is 21.6. The summed E-state index contributed by atoms with van der Waals surface area (Å²) in [5.74, 6) is 0.758. The Morgan fingerprint density at radius 1 is 0.947 bits per heavy atom. The van der Waals surface area contributed by atoms with Crippen LogP contribution in [-0.2, 0) is 4.79 Å². The zero-order valence-corrected chi connectivity index (χ0v) is 22.3. The van der Waals surface area contributed by atoms with Gasteiger partial charge in [-0.2, -0.15) is 0 Å². The van der Waals surface area contributed by atoms with E-state index < -0.39 is 12.0 Å². The number of hydrogen-bond donors (Lipinski definition) is 1. The van der Waals surface area contributed by atoms with Crippen molar-refractivity contribution < 1.29 is 19.4 Å². The first-order valence-corrected chi connectivity index (χ1v) is 13.3. The maximum atomic E-state index is 13.9. The summed E-state index contributed by atoms with van der Waals surface area (Å²) in [6.07, 6.45) is -0.679. The standard InChI is InChI=1S/C30H32ClN3O4/c1-3-33(17-16-32(2)29(36)20-12-14-21(31)15-13-20)24-18-34(19-25(24)35)30(37)28-22-8-4-6-10-26(22)38-27-11-7-5-9-23(27)28/h4-15,24-25,28,35H,3,16-19H2,1-2H3/t24-,25-/m1/s1. The summed E-state index contributed by atoms with van der Waals surface area (Å²) in [6.45, 7) is 4.48. The molecule has 1 N–H and O–H groups in total. The molecular weight excluding hydrogens is 502 g/mol. The lowest BCUT2D eigenvalue weighted by atomic mass is 9.87. The van der Waals surface area contributed by atoms with Crippen molar-refractivity contribution in [1.82, 2.24) is 14.7 Å². The second-order valence-corrected chi connectivity index (χ2v) is 10.3. The molecule has 0 aliphatic carbocycles. The molecule has 1 fully saturated rings. The first kappa shape index (κ1) is 26.2. The van der Waals surface area contributed by atoms with Crippen LogP contribution in [0.4, 0.5) is 0 Å². The van der Waals surface area contributed by atoms with Gasteiger partial charge in [0, 0.05) is 54.9 Å². The van der Waals surface area contributed by atoms with Crippen LogP contribution in [0.3, 0.4) is 0 Å². The molecule has 8 heteroatoms. The van der Waals surface area contributed by atoms with Gasteiger partial charge < -0.3 is 19.6 Å². The molecule has 0 radical (unpaired) electrons. The Bertz CT molecular complexity index is 1270. The summed E-state index contributed by atoms with van der Waals surface area (Å²) >= 11 is 5.95. The lowest BCUT2D eigenvalue weighted by Crippen LogP contribution is -2.47. The van der Waals surface area contributed by atoms with Gasteiger partial charge in [-0.25, -0.2) is 0 Å². The SMILES string of the molecule is CCN(CCN(C)C(=O)c1ccc(Cl)cc1)[C@@H]1CN(C(=O)C2c3ccccc3Oc3ccccc32)C[C@H]1O. The smallest absolute Gasteiger partial charge is 0.253 e. The predicted octanol–water partition coefficient (Wildman–Crippen LogP) is 4.24. The second-order valence-electron chi connectivity index (χ2n) is 9.85. The highest BCUT2D eigenvalue weighted by Gasteiger charge is 2.42. The van der Waals surface area contributed by atoms with E-state index in [-0.39, 0.29) is 24.4 Å². The van der Waals surface area contributed by atoms with Gasteiger partial charge in [-0.3, -0.25) is 14.5 Å². The van der Waals surface area contributed by atoms with E-state index >= 15 is 0 Å². The van der Waals surface area contributed by atoms with E-state index in [0.717, 1.165) is 11.1 Å². The van der Waals surface area contributed by atoms with E-state index in [1.165, 1.54) is 0 Å². The number of carbonyl (C=O) groups excluding carboxylic acids is 2. The van der Waals surface area contributed by atoms with E-state index in [9.17, 15) is 14.7 Å². The van der Waals surface area contributed by atoms with Crippen LogP contribution >= 0.6 is 11.6 Å². The molecule has 2 aliphatic heterocycles. The van der Waals surface area contributed by atoms with Crippen molar-refractivity contribution in [3.05, 3.63) is 94.5 Å². The predicted molar refractivity (Wildman–Crippen MR) is 147 cm³/mol. The summed E-state index contributed by atoms with van der Waals surface area (Å²) in [6, 6.07) is 21.9. The molecule has 198 valence electrons. The molecule has 2 amide bonds. The molecule has 2 atom stereocenters. The number of nitrogens with zero attached hydrogens (tertiary/aromatic N) is 3. The average Bonchev–Trinajstić information content (AvgIpc) is 3.32. The quantitative estimate of drug-likeness (QED) is 0.492. The number of likely N-dealkylation sites (N-methyl/N-ethyl adjacent to an activating group) is 2. The number of likely N-dealkylation sites (tertiary alicyclic amines) is 1. The maximum absolute atomic E-state index is 13.9. The van der Waals surface area contributed by atoms with E-state index in [1.807, 2.05) is 55.5 Å². The maximum Gasteiger partial charge on any atom is 0.253 e. The third kappa shape index (κ3) is 5.14. The monoisotopic (exact) mass is 533 g/mol. The van der Waals surface area contributed by atoms with Crippen molar-refractivity contribution >= 4 is 23.4 Å². The number of aliphatic hydroxyl groups is 1. The highest BCUT2D eigenvalue weighted by atomic mass is 35.5. The normalized spacial score (nSPS) is 18.6. The van der Waals surface area contributed by atoms with Crippen LogP contribution in [-0.4, -0.2) is 83.5 Å². The number of ether oxygens (including phenoxy) is 1. The second kappa shape index (κ2) is 11.2. The van der Waals surface area contributed by atoms with Crippen LogP contribution in [0.15, 0.2) is 72.8 Å². The molecule has 2 aliphatic rings. The fourth-order valence-electron chi connectivity index (χ4n) is 5.42. The molecule has 2 heterocycles.